The highest BCUT2D eigenvalue weighted by atomic mass is 35.5. The number of imidazole rings is 1. The van der Waals surface area contributed by atoms with Crippen molar-refractivity contribution in [1.82, 2.24) is 24.4 Å². The zero-order chi connectivity index (χ0) is 31.5. The van der Waals surface area contributed by atoms with Crippen molar-refractivity contribution in [2.45, 2.75) is 13.1 Å². The van der Waals surface area contributed by atoms with Gasteiger partial charge in [-0.25, -0.2) is 18.6 Å². The molecule has 2 amide bonds. The number of rotatable bonds is 8. The number of fused-ring (bicyclic) bond motifs is 1. The van der Waals surface area contributed by atoms with E-state index in [4.69, 9.17) is 21.6 Å². The third-order valence-corrected chi connectivity index (χ3v) is 7.75. The van der Waals surface area contributed by atoms with Crippen LogP contribution in [0.2, 0.25) is 5.02 Å². The number of anilines is 3. The minimum Gasteiger partial charge on any atom is -0.364 e. The van der Waals surface area contributed by atoms with Crippen molar-refractivity contribution < 1.29 is 18.5 Å². The maximum absolute atomic E-state index is 14.1. The summed E-state index contributed by atoms with van der Waals surface area (Å²) in [7, 11) is 0. The number of halogens is 3. The van der Waals surface area contributed by atoms with Crippen LogP contribution in [0.1, 0.15) is 11.1 Å². The Morgan fingerprint density at radius 1 is 1.00 bits per heavy atom. The molecule has 1 fully saturated rings. The number of amides is 2. The summed E-state index contributed by atoms with van der Waals surface area (Å²) in [5.41, 5.74) is 2.67. The number of hydrogen-bond donors (Lipinski definition) is 2. The van der Waals surface area contributed by atoms with Gasteiger partial charge >= 0.3 is 6.03 Å². The van der Waals surface area contributed by atoms with Gasteiger partial charge in [0.05, 0.1) is 23.5 Å². The summed E-state index contributed by atoms with van der Waals surface area (Å²) in [4.78, 5) is 41.1. The van der Waals surface area contributed by atoms with Crippen molar-refractivity contribution in [3.05, 3.63) is 111 Å². The van der Waals surface area contributed by atoms with E-state index >= 15 is 0 Å². The van der Waals surface area contributed by atoms with Crippen molar-refractivity contribution in [2.75, 3.05) is 41.7 Å². The summed E-state index contributed by atoms with van der Waals surface area (Å²) in [5, 5.41) is 17.5. The number of carbonyl (C=O) groups is 1. The lowest BCUT2D eigenvalue weighted by atomic mass is 10.2. The zero-order valence-electron chi connectivity index (χ0n) is 23.7. The molecule has 6 rings (SSSR count). The van der Waals surface area contributed by atoms with Crippen LogP contribution in [0.3, 0.4) is 0 Å². The summed E-state index contributed by atoms with van der Waals surface area (Å²) in [6, 6.07) is 16.2. The van der Waals surface area contributed by atoms with Crippen LogP contribution in [0.15, 0.2) is 73.1 Å². The van der Waals surface area contributed by atoms with Crippen LogP contribution >= 0.6 is 11.6 Å². The monoisotopic (exact) mass is 633 g/mol. The molecule has 0 spiro atoms. The van der Waals surface area contributed by atoms with Crippen LogP contribution in [0, 0.1) is 21.7 Å². The van der Waals surface area contributed by atoms with Crippen LogP contribution < -0.4 is 15.5 Å². The molecule has 45 heavy (non-hydrogen) atoms. The number of nitro benzene ring substituents is 1. The van der Waals surface area contributed by atoms with Crippen LogP contribution in [0.4, 0.5) is 36.7 Å². The van der Waals surface area contributed by atoms with Crippen LogP contribution in [0.25, 0.3) is 11.2 Å². The molecule has 0 atom stereocenters. The number of urea groups is 1. The average Bonchev–Trinajstić information content (AvgIpc) is 3.44. The number of aromatic nitrogens is 4. The second-order valence-corrected chi connectivity index (χ2v) is 10.7. The van der Waals surface area contributed by atoms with E-state index in [1.807, 2.05) is 27.7 Å². The maximum Gasteiger partial charge on any atom is 0.322 e. The standard InChI is InChI=1S/C30H26ClF2N9O3/c31-23-4-2-1-3-20(23)16-34-27-26-28(41(18-35-26)17-19-5-8-22(9-6-19)42(44)45)38-29(37-27)39-11-13-40(14-12-39)30(43)36-25-10-7-21(32)15-24(25)33/h1-10,15,18H,11-14,16-17H2,(H,36,43)(H,34,37,38). The topological polar surface area (TPSA) is 134 Å². The smallest absolute Gasteiger partial charge is 0.322 e. The Balaban J connectivity index is 1.24. The van der Waals surface area contributed by atoms with E-state index in [1.165, 1.54) is 23.1 Å². The molecular weight excluding hydrogens is 608 g/mol. The highest BCUT2D eigenvalue weighted by molar-refractivity contribution is 6.31. The normalized spacial score (nSPS) is 13.2. The zero-order valence-corrected chi connectivity index (χ0v) is 24.4. The van der Waals surface area contributed by atoms with Gasteiger partial charge in [0.2, 0.25) is 5.95 Å². The highest BCUT2D eigenvalue weighted by Crippen LogP contribution is 2.26. The number of piperazine rings is 1. The van der Waals surface area contributed by atoms with Gasteiger partial charge in [-0.2, -0.15) is 9.97 Å². The number of benzene rings is 3. The largest absolute Gasteiger partial charge is 0.364 e. The van der Waals surface area contributed by atoms with Gasteiger partial charge in [0.1, 0.15) is 11.6 Å². The van der Waals surface area contributed by atoms with E-state index in [0.717, 1.165) is 17.2 Å². The van der Waals surface area contributed by atoms with Crippen LogP contribution in [0.5, 0.6) is 0 Å². The average molecular weight is 634 g/mol. The fourth-order valence-corrected chi connectivity index (χ4v) is 5.15. The summed E-state index contributed by atoms with van der Waals surface area (Å²) < 4.78 is 29.2. The molecule has 230 valence electrons. The lowest BCUT2D eigenvalue weighted by Gasteiger charge is -2.34. The first-order chi connectivity index (χ1) is 21.7. The summed E-state index contributed by atoms with van der Waals surface area (Å²) in [5.74, 6) is -0.680. The molecule has 1 aliphatic rings. The van der Waals surface area contributed by atoms with Gasteiger partial charge in [0, 0.05) is 55.9 Å². The summed E-state index contributed by atoms with van der Waals surface area (Å²) in [6.07, 6.45) is 1.64. The first-order valence-electron chi connectivity index (χ1n) is 13.9. The highest BCUT2D eigenvalue weighted by Gasteiger charge is 2.25. The van der Waals surface area contributed by atoms with E-state index in [-0.39, 0.29) is 11.4 Å². The number of hydrogen-bond acceptors (Lipinski definition) is 8. The van der Waals surface area contributed by atoms with Crippen molar-refractivity contribution >= 4 is 51.9 Å². The van der Waals surface area contributed by atoms with Gasteiger partial charge in [-0.3, -0.25) is 10.1 Å². The molecule has 0 bridgehead atoms. The Hall–Kier alpha value is -5.37. The second kappa shape index (κ2) is 12.7. The quantitative estimate of drug-likeness (QED) is 0.165. The lowest BCUT2D eigenvalue weighted by Crippen LogP contribution is -2.50. The van der Waals surface area contributed by atoms with Gasteiger partial charge in [-0.05, 0) is 29.3 Å². The van der Waals surface area contributed by atoms with Gasteiger partial charge in [-0.1, -0.05) is 41.9 Å². The molecule has 2 N–H and O–H groups in total. The first-order valence-corrected chi connectivity index (χ1v) is 14.3. The molecule has 15 heteroatoms. The van der Waals surface area contributed by atoms with Gasteiger partial charge in [-0.15, -0.1) is 0 Å². The summed E-state index contributed by atoms with van der Waals surface area (Å²) in [6.45, 7) is 2.15. The first kappa shape index (κ1) is 29.7. The number of nitro groups is 1. The second-order valence-electron chi connectivity index (χ2n) is 10.3. The fraction of sp³-hybridized carbons (Fsp3) is 0.200. The van der Waals surface area contributed by atoms with E-state index in [2.05, 4.69) is 15.6 Å². The van der Waals surface area contributed by atoms with Gasteiger partial charge < -0.3 is 25.0 Å². The fourth-order valence-electron chi connectivity index (χ4n) is 4.95. The predicted molar refractivity (Wildman–Crippen MR) is 165 cm³/mol. The molecule has 1 aliphatic heterocycles. The molecule has 0 saturated carbocycles. The molecular formula is C30H26ClF2N9O3. The molecule has 0 radical (unpaired) electrons. The van der Waals surface area contributed by atoms with E-state index in [1.54, 1.807) is 24.5 Å². The Kier molecular flexibility index (Phi) is 8.38. The van der Waals surface area contributed by atoms with E-state index < -0.39 is 22.6 Å². The SMILES string of the molecule is O=C(Nc1ccc(F)cc1F)N1CCN(c2nc(NCc3ccccc3Cl)c3ncn(Cc4ccc([N+](=O)[O-])cc4)c3n2)CC1. The minimum absolute atomic E-state index is 0.000494. The molecule has 1 saturated heterocycles. The Morgan fingerprint density at radius 3 is 2.47 bits per heavy atom. The number of carbonyl (C=O) groups excluding carboxylic acids is 1. The number of non-ortho nitro benzene ring substituents is 1. The maximum atomic E-state index is 14.1. The van der Waals surface area contributed by atoms with Crippen molar-refractivity contribution in [3.8, 4) is 0 Å². The van der Waals surface area contributed by atoms with Gasteiger partial charge in [0.25, 0.3) is 5.69 Å². The molecule has 0 unspecified atom stereocenters. The third-order valence-electron chi connectivity index (χ3n) is 7.38. The van der Waals surface area contributed by atoms with Crippen LogP contribution in [-0.2, 0) is 13.1 Å². The number of nitrogens with zero attached hydrogens (tertiary/aromatic N) is 7. The van der Waals surface area contributed by atoms with E-state index in [9.17, 15) is 23.7 Å². The van der Waals surface area contributed by atoms with Crippen molar-refractivity contribution in [1.29, 1.82) is 0 Å². The minimum atomic E-state index is -0.856. The van der Waals surface area contributed by atoms with Crippen molar-refractivity contribution in [3.63, 3.8) is 0 Å². The Morgan fingerprint density at radius 2 is 1.76 bits per heavy atom. The van der Waals surface area contributed by atoms with Crippen LogP contribution in [-0.4, -0.2) is 61.6 Å². The molecule has 12 nitrogen and oxygen atoms in total. The van der Waals surface area contributed by atoms with Crippen molar-refractivity contribution in [2.24, 2.45) is 0 Å². The Labute approximate surface area is 260 Å². The van der Waals surface area contributed by atoms with E-state index in [0.29, 0.717) is 73.3 Å². The molecule has 3 aromatic carbocycles. The summed E-state index contributed by atoms with van der Waals surface area (Å²) >= 11 is 6.37. The predicted octanol–water partition coefficient (Wildman–Crippen LogP) is 5.68. The van der Waals surface area contributed by atoms with Gasteiger partial charge in [0.15, 0.2) is 17.0 Å². The third kappa shape index (κ3) is 6.60. The molecule has 2 aromatic heterocycles. The number of nitrogens with one attached hydrogen (secondary N) is 2. The lowest BCUT2D eigenvalue weighted by molar-refractivity contribution is -0.384. The Bertz CT molecular complexity index is 1880. The molecule has 3 heterocycles. The molecule has 5 aromatic rings. The molecule has 0 aliphatic carbocycles.